The molecular formula is C27H28Cl2N4O7S. The fourth-order valence-corrected chi connectivity index (χ4v) is 3.53. The first kappa shape index (κ1) is 33.4. The number of hydrogen-bond donors (Lipinski definition) is 3. The summed E-state index contributed by atoms with van der Waals surface area (Å²) in [6.45, 7) is 6.73. The number of nitrogens with zero attached hydrogens (tertiary/aromatic N) is 3. The average Bonchev–Trinajstić information content (AvgIpc) is 3.26. The van der Waals surface area contributed by atoms with Gasteiger partial charge >= 0.3 is 10.4 Å². The number of nitrogens with two attached hydrogens (primary N) is 1. The van der Waals surface area contributed by atoms with Crippen molar-refractivity contribution in [3.63, 3.8) is 0 Å². The Morgan fingerprint density at radius 1 is 0.878 bits per heavy atom. The Balaban J connectivity index is 0.000000209. The van der Waals surface area contributed by atoms with Crippen LogP contribution in [0.4, 0.5) is 5.69 Å². The lowest BCUT2D eigenvalue weighted by molar-refractivity contribution is -0.555. The number of halogens is 2. The molecule has 0 spiro atoms. The van der Waals surface area contributed by atoms with E-state index in [1.54, 1.807) is 33.2 Å². The molecule has 3 heterocycles. The zero-order chi connectivity index (χ0) is 31.0. The summed E-state index contributed by atoms with van der Waals surface area (Å²) in [5, 5.41) is 12.7. The largest absolute Gasteiger partial charge is 0.453 e. The summed E-state index contributed by atoms with van der Waals surface area (Å²) in [4.78, 5) is 17.4. The first-order valence-corrected chi connectivity index (χ1v) is 13.9. The summed E-state index contributed by atoms with van der Waals surface area (Å²) in [6, 6.07) is 19.7. The molecule has 5 rings (SSSR count). The maximum Gasteiger partial charge on any atom is 0.394 e. The minimum Gasteiger partial charge on any atom is -0.453 e. The van der Waals surface area contributed by atoms with Crippen LogP contribution in [-0.2, 0) is 10.4 Å². The Labute approximate surface area is 246 Å². The molecule has 0 saturated heterocycles. The number of aromatic nitrogens is 2. The number of fused-ring (bicyclic) bond motifs is 3. The molecular weight excluding hydrogens is 595 g/mol. The van der Waals surface area contributed by atoms with Gasteiger partial charge < -0.3 is 10.2 Å². The van der Waals surface area contributed by atoms with Gasteiger partial charge in [-0.2, -0.15) is 8.42 Å². The number of nitrogen functional groups attached to an aromatic ring is 1. The first-order valence-electron chi connectivity index (χ1n) is 11.7. The van der Waals surface area contributed by atoms with E-state index in [-0.39, 0.29) is 4.92 Å². The van der Waals surface area contributed by atoms with Crippen LogP contribution in [0.25, 0.3) is 33.1 Å². The van der Waals surface area contributed by atoms with Gasteiger partial charge in [-0.3, -0.25) is 19.2 Å². The smallest absolute Gasteiger partial charge is 0.394 e. The van der Waals surface area contributed by atoms with Gasteiger partial charge in [-0.15, -0.1) is 0 Å². The average molecular weight is 624 g/mol. The highest BCUT2D eigenvalue weighted by molar-refractivity contribution is 7.79. The molecule has 0 bridgehead atoms. The van der Waals surface area contributed by atoms with Gasteiger partial charge in [0.1, 0.15) is 5.58 Å². The molecule has 0 saturated carbocycles. The highest BCUT2D eigenvalue weighted by Gasteiger charge is 2.21. The van der Waals surface area contributed by atoms with Crippen LogP contribution in [0, 0.1) is 17.0 Å². The zero-order valence-electron chi connectivity index (χ0n) is 22.4. The van der Waals surface area contributed by atoms with Crippen LogP contribution < -0.4 is 5.73 Å². The molecule has 2 aromatic carbocycles. The number of para-hydroxylation sites is 1. The van der Waals surface area contributed by atoms with Gasteiger partial charge in [0.25, 0.3) is 0 Å². The number of benzene rings is 2. The first-order chi connectivity index (χ1) is 19.0. The van der Waals surface area contributed by atoms with E-state index in [4.69, 9.17) is 50.9 Å². The van der Waals surface area contributed by atoms with Crippen LogP contribution in [-0.4, -0.2) is 38.0 Å². The Hall–Kier alpha value is -3.81. The van der Waals surface area contributed by atoms with E-state index in [1.807, 2.05) is 67.6 Å². The molecule has 3 aromatic heterocycles. The lowest BCUT2D eigenvalue weighted by Gasteiger charge is -2.09. The van der Waals surface area contributed by atoms with Crippen molar-refractivity contribution in [2.45, 2.75) is 33.2 Å². The molecule has 0 atom stereocenters. The molecule has 4 N–H and O–H groups in total. The van der Waals surface area contributed by atoms with Crippen LogP contribution >= 0.6 is 23.2 Å². The molecule has 0 fully saturated rings. The summed E-state index contributed by atoms with van der Waals surface area (Å²) in [5.74, 6) is 0. The molecule has 0 aliphatic heterocycles. The van der Waals surface area contributed by atoms with Crippen LogP contribution in [0.3, 0.4) is 0 Å². The van der Waals surface area contributed by atoms with Crippen molar-refractivity contribution in [2.24, 2.45) is 0 Å². The third-order valence-corrected chi connectivity index (χ3v) is 5.75. The number of anilines is 1. The van der Waals surface area contributed by atoms with Crippen molar-refractivity contribution in [3.05, 3.63) is 99.0 Å². The van der Waals surface area contributed by atoms with Gasteiger partial charge in [0.15, 0.2) is 15.9 Å². The van der Waals surface area contributed by atoms with Crippen molar-refractivity contribution >= 4 is 61.2 Å². The Kier molecular flexibility index (Phi) is 11.6. The quantitative estimate of drug-likeness (QED) is 0.0739. The van der Waals surface area contributed by atoms with E-state index >= 15 is 0 Å². The van der Waals surface area contributed by atoms with E-state index in [2.05, 4.69) is 9.97 Å². The standard InChI is InChI=1S/C12H11ClN2.C11H6ClNO.C4H9NO2.H2O4S/c1-8-4-2-3-5-9(8)10-6-7-15-12(13)11(10)14;12-11-10-8(5-6-13-11)7-3-1-2-4-9(7)14-10;1-4(2,3)5(6)7;1-5(2,3)4/h2-7H,14H2,1H3;1-6H;1-3H3;(H2,1,2,3,4). The van der Waals surface area contributed by atoms with E-state index in [0.29, 0.717) is 21.6 Å². The number of pyridine rings is 2. The summed E-state index contributed by atoms with van der Waals surface area (Å²) in [5.41, 5.74) is 10.4. The van der Waals surface area contributed by atoms with Gasteiger partial charge in [-0.05, 0) is 36.2 Å². The summed E-state index contributed by atoms with van der Waals surface area (Å²) < 4.78 is 37.2. The van der Waals surface area contributed by atoms with Gasteiger partial charge in [-0.25, -0.2) is 9.97 Å². The second kappa shape index (κ2) is 14.2. The second-order valence-electron chi connectivity index (χ2n) is 9.33. The Bertz CT molecular complexity index is 1750. The molecule has 0 radical (unpaired) electrons. The van der Waals surface area contributed by atoms with Crippen molar-refractivity contribution in [2.75, 3.05) is 5.73 Å². The summed E-state index contributed by atoms with van der Waals surface area (Å²) in [7, 11) is -4.67. The third kappa shape index (κ3) is 10.3. The maximum absolute atomic E-state index is 9.83. The fraction of sp³-hybridized carbons (Fsp3) is 0.185. The molecule has 5 aromatic rings. The molecule has 0 aliphatic rings. The number of aryl methyl sites for hydroxylation is 1. The van der Waals surface area contributed by atoms with E-state index in [1.165, 1.54) is 5.56 Å². The highest BCUT2D eigenvalue weighted by Crippen LogP contribution is 2.32. The topological polar surface area (TPSA) is 183 Å². The number of hydrogen-bond acceptors (Lipinski definition) is 8. The van der Waals surface area contributed by atoms with Crippen molar-refractivity contribution in [1.29, 1.82) is 0 Å². The van der Waals surface area contributed by atoms with Crippen LogP contribution in [0.5, 0.6) is 0 Å². The zero-order valence-corrected chi connectivity index (χ0v) is 24.8. The van der Waals surface area contributed by atoms with Gasteiger partial charge in [-0.1, -0.05) is 65.7 Å². The number of rotatable bonds is 1. The molecule has 0 unspecified atom stereocenters. The monoisotopic (exact) mass is 622 g/mol. The van der Waals surface area contributed by atoms with Crippen molar-refractivity contribution in [3.8, 4) is 11.1 Å². The Morgan fingerprint density at radius 2 is 1.39 bits per heavy atom. The normalized spacial score (nSPS) is 10.9. The van der Waals surface area contributed by atoms with E-state index < -0.39 is 15.9 Å². The number of furan rings is 1. The summed E-state index contributed by atoms with van der Waals surface area (Å²) in [6.07, 6.45) is 3.35. The van der Waals surface area contributed by atoms with Gasteiger partial charge in [0.05, 0.1) is 5.69 Å². The molecule has 41 heavy (non-hydrogen) atoms. The van der Waals surface area contributed by atoms with Gasteiger partial charge in [0, 0.05) is 54.4 Å². The molecule has 0 aliphatic carbocycles. The molecule has 11 nitrogen and oxygen atoms in total. The lowest BCUT2D eigenvalue weighted by Crippen LogP contribution is -2.25. The Morgan fingerprint density at radius 3 is 1.98 bits per heavy atom. The van der Waals surface area contributed by atoms with Crippen molar-refractivity contribution < 1.29 is 26.9 Å². The summed E-state index contributed by atoms with van der Waals surface area (Å²) >= 11 is 11.8. The predicted octanol–water partition coefficient (Wildman–Crippen LogP) is 7.34. The van der Waals surface area contributed by atoms with Gasteiger partial charge in [0.2, 0.25) is 5.54 Å². The molecule has 0 amide bonds. The minimum atomic E-state index is -4.67. The van der Waals surface area contributed by atoms with Crippen LogP contribution in [0.1, 0.15) is 26.3 Å². The highest BCUT2D eigenvalue weighted by atomic mass is 35.5. The molecule has 218 valence electrons. The number of nitro groups is 1. The lowest BCUT2D eigenvalue weighted by atomic mass is 10.0. The minimum absolute atomic E-state index is 0.312. The fourth-order valence-electron chi connectivity index (χ4n) is 3.18. The van der Waals surface area contributed by atoms with Crippen LogP contribution in [0.15, 0.2) is 77.5 Å². The van der Waals surface area contributed by atoms with Crippen molar-refractivity contribution in [1.82, 2.24) is 9.97 Å². The predicted molar refractivity (Wildman–Crippen MR) is 161 cm³/mol. The van der Waals surface area contributed by atoms with Crippen LogP contribution in [0.2, 0.25) is 10.3 Å². The third-order valence-electron chi connectivity index (χ3n) is 5.17. The SMILES string of the molecule is CC(C)(C)[N+](=O)[O-].Cc1ccccc1-c1ccnc(Cl)c1N.Clc1nccc2c1oc1ccccc12.O=S(=O)(O)O. The maximum atomic E-state index is 9.83. The van der Waals surface area contributed by atoms with E-state index in [0.717, 1.165) is 27.5 Å². The second-order valence-corrected chi connectivity index (χ2v) is 10.9. The molecule has 14 heteroatoms. The van der Waals surface area contributed by atoms with E-state index in [9.17, 15) is 10.1 Å².